The van der Waals surface area contributed by atoms with E-state index in [4.69, 9.17) is 9.47 Å². The molecule has 4 heteroatoms. The molecule has 0 aliphatic heterocycles. The lowest BCUT2D eigenvalue weighted by Gasteiger charge is -2.13. The third kappa shape index (κ3) is 5.38. The Bertz CT molecular complexity index is 176. The van der Waals surface area contributed by atoms with Gasteiger partial charge in [0.15, 0.2) is 6.29 Å². The summed E-state index contributed by atoms with van der Waals surface area (Å²) in [5.74, 6) is -0.133. The van der Waals surface area contributed by atoms with Crippen LogP contribution < -0.4 is 5.32 Å². The van der Waals surface area contributed by atoms with Crippen LogP contribution in [-0.2, 0) is 14.3 Å². The topological polar surface area (TPSA) is 47.6 Å². The summed E-state index contributed by atoms with van der Waals surface area (Å²) in [4.78, 5) is 11.0. The van der Waals surface area contributed by atoms with Gasteiger partial charge in [-0.05, 0) is 6.92 Å². The smallest absolute Gasteiger partial charge is 0.246 e. The van der Waals surface area contributed by atoms with Crippen molar-refractivity contribution in [2.24, 2.45) is 0 Å². The van der Waals surface area contributed by atoms with E-state index in [1.807, 2.05) is 0 Å². The van der Waals surface area contributed by atoms with Crippen molar-refractivity contribution in [1.29, 1.82) is 0 Å². The van der Waals surface area contributed by atoms with Gasteiger partial charge in [0.05, 0.1) is 0 Å². The van der Waals surface area contributed by atoms with Crippen molar-refractivity contribution in [2.75, 3.05) is 20.8 Å². The molecule has 0 atom stereocenters. The maximum Gasteiger partial charge on any atom is 0.246 e. The molecule has 0 bridgehead atoms. The minimum atomic E-state index is -0.259. The Morgan fingerprint density at radius 3 is 2.38 bits per heavy atom. The van der Waals surface area contributed by atoms with E-state index in [1.165, 1.54) is 0 Å². The molecule has 76 valence electrons. The van der Waals surface area contributed by atoms with Gasteiger partial charge in [-0.1, -0.05) is 6.58 Å². The number of methoxy groups -OCH3 is 2. The molecule has 0 rings (SSSR count). The van der Waals surface area contributed by atoms with Crippen molar-refractivity contribution in [3.05, 3.63) is 12.2 Å². The molecule has 0 aromatic heterocycles. The van der Waals surface area contributed by atoms with Crippen LogP contribution in [0.3, 0.4) is 0 Å². The second-order valence-electron chi connectivity index (χ2n) is 2.73. The Kier molecular flexibility index (Phi) is 6.18. The van der Waals surface area contributed by atoms with Gasteiger partial charge in [0.2, 0.25) is 5.91 Å². The third-order valence-corrected chi connectivity index (χ3v) is 1.58. The molecule has 13 heavy (non-hydrogen) atoms. The van der Waals surface area contributed by atoms with E-state index in [9.17, 15) is 4.79 Å². The SMILES string of the molecule is C=C(C)C(=O)NCCC(OC)OC. The van der Waals surface area contributed by atoms with E-state index in [0.717, 1.165) is 0 Å². The molecule has 1 amide bonds. The number of amides is 1. The van der Waals surface area contributed by atoms with Crippen LogP contribution in [0, 0.1) is 0 Å². The molecule has 0 aliphatic rings. The lowest BCUT2D eigenvalue weighted by atomic mass is 10.3. The molecule has 0 aromatic rings. The van der Waals surface area contributed by atoms with Crippen LogP contribution in [0.4, 0.5) is 0 Å². The molecule has 0 saturated carbocycles. The van der Waals surface area contributed by atoms with Crippen LogP contribution in [0.5, 0.6) is 0 Å². The average molecular weight is 187 g/mol. The van der Waals surface area contributed by atoms with Gasteiger partial charge in [0.1, 0.15) is 0 Å². The Hall–Kier alpha value is -0.870. The summed E-state index contributed by atoms with van der Waals surface area (Å²) in [6, 6.07) is 0. The van der Waals surface area contributed by atoms with Gasteiger partial charge < -0.3 is 14.8 Å². The van der Waals surface area contributed by atoms with E-state index in [0.29, 0.717) is 18.5 Å². The van der Waals surface area contributed by atoms with Crippen molar-refractivity contribution in [3.8, 4) is 0 Å². The van der Waals surface area contributed by atoms with Crippen LogP contribution in [0.15, 0.2) is 12.2 Å². The van der Waals surface area contributed by atoms with Gasteiger partial charge in [-0.25, -0.2) is 0 Å². The van der Waals surface area contributed by atoms with Gasteiger partial charge in [-0.15, -0.1) is 0 Å². The fourth-order valence-corrected chi connectivity index (χ4v) is 0.786. The molecule has 0 saturated heterocycles. The van der Waals surface area contributed by atoms with E-state index in [2.05, 4.69) is 11.9 Å². The monoisotopic (exact) mass is 187 g/mol. The van der Waals surface area contributed by atoms with Crippen molar-refractivity contribution in [2.45, 2.75) is 19.6 Å². The highest BCUT2D eigenvalue weighted by atomic mass is 16.7. The van der Waals surface area contributed by atoms with E-state index >= 15 is 0 Å². The number of hydrogen-bond acceptors (Lipinski definition) is 3. The second kappa shape index (κ2) is 6.62. The van der Waals surface area contributed by atoms with Gasteiger partial charge in [0, 0.05) is 32.8 Å². The lowest BCUT2D eigenvalue weighted by molar-refractivity contribution is -0.119. The van der Waals surface area contributed by atoms with Gasteiger partial charge in [-0.2, -0.15) is 0 Å². The van der Waals surface area contributed by atoms with Crippen molar-refractivity contribution in [1.82, 2.24) is 5.32 Å². The highest BCUT2D eigenvalue weighted by Crippen LogP contribution is 1.96. The largest absolute Gasteiger partial charge is 0.356 e. The van der Waals surface area contributed by atoms with Gasteiger partial charge >= 0.3 is 0 Å². The maximum absolute atomic E-state index is 11.0. The van der Waals surface area contributed by atoms with E-state index in [1.54, 1.807) is 21.1 Å². The predicted molar refractivity (Wildman–Crippen MR) is 50.2 cm³/mol. The number of rotatable bonds is 6. The number of nitrogens with one attached hydrogen (secondary N) is 1. The molecule has 0 spiro atoms. The number of ether oxygens (including phenoxy) is 2. The molecule has 0 heterocycles. The lowest BCUT2D eigenvalue weighted by Crippen LogP contribution is -2.28. The van der Waals surface area contributed by atoms with E-state index < -0.39 is 0 Å². The maximum atomic E-state index is 11.0. The van der Waals surface area contributed by atoms with Crippen molar-refractivity contribution in [3.63, 3.8) is 0 Å². The number of carbonyl (C=O) groups is 1. The first-order valence-electron chi connectivity index (χ1n) is 4.11. The minimum Gasteiger partial charge on any atom is -0.356 e. The zero-order valence-electron chi connectivity index (χ0n) is 8.42. The quantitative estimate of drug-likeness (QED) is 0.491. The molecule has 0 unspecified atom stereocenters. The van der Waals surface area contributed by atoms with Crippen molar-refractivity contribution >= 4 is 5.91 Å². The van der Waals surface area contributed by atoms with E-state index in [-0.39, 0.29) is 12.2 Å². The molecular formula is C9H17NO3. The highest BCUT2D eigenvalue weighted by Gasteiger charge is 2.05. The van der Waals surface area contributed by atoms with Crippen LogP contribution in [0.1, 0.15) is 13.3 Å². The molecule has 0 aliphatic carbocycles. The first-order valence-corrected chi connectivity index (χ1v) is 4.11. The summed E-state index contributed by atoms with van der Waals surface area (Å²) in [5, 5.41) is 2.68. The highest BCUT2D eigenvalue weighted by molar-refractivity contribution is 5.91. The van der Waals surface area contributed by atoms with Gasteiger partial charge in [0.25, 0.3) is 0 Å². The van der Waals surface area contributed by atoms with Gasteiger partial charge in [-0.3, -0.25) is 4.79 Å². The van der Waals surface area contributed by atoms with Crippen LogP contribution in [0.2, 0.25) is 0 Å². The summed E-state index contributed by atoms with van der Waals surface area (Å²) in [5.41, 5.74) is 0.506. The average Bonchev–Trinajstić information content (AvgIpc) is 2.12. The zero-order chi connectivity index (χ0) is 10.3. The summed E-state index contributed by atoms with van der Waals surface area (Å²) in [6.45, 7) is 5.71. The Morgan fingerprint density at radius 2 is 2.00 bits per heavy atom. The first-order chi connectivity index (χ1) is 6.11. The Morgan fingerprint density at radius 1 is 1.46 bits per heavy atom. The summed E-state index contributed by atoms with van der Waals surface area (Å²) < 4.78 is 9.89. The summed E-state index contributed by atoms with van der Waals surface area (Å²) in [6.07, 6.45) is 0.372. The fraction of sp³-hybridized carbons (Fsp3) is 0.667. The van der Waals surface area contributed by atoms with Crippen LogP contribution >= 0.6 is 0 Å². The molecule has 4 nitrogen and oxygen atoms in total. The molecule has 0 radical (unpaired) electrons. The van der Waals surface area contributed by atoms with Crippen LogP contribution in [-0.4, -0.2) is 33.0 Å². The Balaban J connectivity index is 3.54. The normalized spacial score (nSPS) is 10.2. The second-order valence-corrected chi connectivity index (χ2v) is 2.73. The predicted octanol–water partition coefficient (Wildman–Crippen LogP) is 0.688. The summed E-state index contributed by atoms with van der Waals surface area (Å²) in [7, 11) is 3.13. The number of carbonyl (C=O) groups excluding carboxylic acids is 1. The molecule has 1 N–H and O–H groups in total. The zero-order valence-corrected chi connectivity index (χ0v) is 8.42. The Labute approximate surface area is 78.9 Å². The van der Waals surface area contributed by atoms with Crippen molar-refractivity contribution < 1.29 is 14.3 Å². The number of hydrogen-bond donors (Lipinski definition) is 1. The van der Waals surface area contributed by atoms with Crippen LogP contribution in [0.25, 0.3) is 0 Å². The fourth-order valence-electron chi connectivity index (χ4n) is 0.786. The summed E-state index contributed by atoms with van der Waals surface area (Å²) >= 11 is 0. The minimum absolute atomic E-state index is 0.133. The molecule has 0 fully saturated rings. The molecular weight excluding hydrogens is 170 g/mol. The third-order valence-electron chi connectivity index (χ3n) is 1.58. The molecule has 0 aromatic carbocycles. The first kappa shape index (κ1) is 12.1. The standard InChI is InChI=1S/C9H17NO3/c1-7(2)9(11)10-6-5-8(12-3)13-4/h8H,1,5-6H2,2-4H3,(H,10,11).